The van der Waals surface area contributed by atoms with E-state index in [2.05, 4.69) is 106 Å². The van der Waals surface area contributed by atoms with Crippen molar-refractivity contribution in [2.24, 2.45) is 0 Å². The number of phosphoric acid groups is 1. The molecule has 11 nitrogen and oxygen atoms in total. The smallest absolute Gasteiger partial charge is 0.462 e. The number of rotatable bonds is 52. The van der Waals surface area contributed by atoms with Crippen LogP contribution in [0.3, 0.4) is 0 Å². The molecule has 0 radical (unpaired) electrons. The molecule has 12 heteroatoms. The van der Waals surface area contributed by atoms with Gasteiger partial charge in [-0.05, 0) is 89.9 Å². The standard InChI is InChI=1S/C60H103O11P/c1-4-7-10-13-16-19-22-25-26-27-28-29-30-33-36-39-42-45-48-51-60(64)71-57(53-67-58(62)49-46-43-40-37-34-31-23-20-17-14-11-8-5-2)55-69-72(65,66)68-54-56(52-61)70-59(63)50-47-44-41-38-35-32-24-21-18-15-12-9-6-3/h7,10-11,14,16,19-20,23,25-26,28-29,33,36,56-57,61H,4-6,8-9,12-13,15,17-18,21-22,24,27,30-32,34-35,37-55H2,1-3H3,(H,65,66)/b10-7-,14-11-,19-16-,23-20-,26-25-,29-28-,36-33-. The summed E-state index contributed by atoms with van der Waals surface area (Å²) in [7, 11) is -4.76. The summed E-state index contributed by atoms with van der Waals surface area (Å²) in [5.74, 6) is -1.52. The van der Waals surface area contributed by atoms with Crippen LogP contribution in [-0.2, 0) is 42.2 Å². The molecule has 0 bridgehead atoms. The Balaban J connectivity index is 4.80. The number of unbranched alkanes of at least 4 members (excludes halogenated alkanes) is 21. The lowest BCUT2D eigenvalue weighted by molar-refractivity contribution is -0.161. The van der Waals surface area contributed by atoms with Gasteiger partial charge in [0.2, 0.25) is 0 Å². The Kier molecular flexibility index (Phi) is 51.4. The molecule has 0 aromatic heterocycles. The van der Waals surface area contributed by atoms with E-state index >= 15 is 0 Å². The third kappa shape index (κ3) is 51.6. The number of allylic oxidation sites excluding steroid dienone is 14. The topological polar surface area (TPSA) is 155 Å². The lowest BCUT2D eigenvalue weighted by Gasteiger charge is -2.21. The lowest BCUT2D eigenvalue weighted by Crippen LogP contribution is -2.30. The molecule has 0 amide bonds. The average molecular weight is 1030 g/mol. The summed E-state index contributed by atoms with van der Waals surface area (Å²) in [6, 6.07) is 0. The van der Waals surface area contributed by atoms with Crippen LogP contribution in [0.15, 0.2) is 85.1 Å². The predicted molar refractivity (Wildman–Crippen MR) is 298 cm³/mol. The fraction of sp³-hybridized carbons (Fsp3) is 0.717. The van der Waals surface area contributed by atoms with Crippen molar-refractivity contribution < 1.29 is 52.2 Å². The molecule has 0 heterocycles. The number of aliphatic hydroxyl groups is 1. The molecule has 3 atom stereocenters. The molecular weight excluding hydrogens is 928 g/mol. The van der Waals surface area contributed by atoms with Crippen LogP contribution in [-0.4, -0.2) is 66.5 Å². The van der Waals surface area contributed by atoms with Crippen molar-refractivity contribution in [3.63, 3.8) is 0 Å². The highest BCUT2D eigenvalue weighted by molar-refractivity contribution is 7.47. The number of ether oxygens (including phenoxy) is 3. The van der Waals surface area contributed by atoms with E-state index in [1.807, 2.05) is 0 Å². The molecule has 0 aliphatic heterocycles. The second-order valence-electron chi connectivity index (χ2n) is 18.7. The lowest BCUT2D eigenvalue weighted by atomic mass is 10.0. The summed E-state index contributed by atoms with van der Waals surface area (Å²) in [6.07, 6.45) is 61.1. The van der Waals surface area contributed by atoms with Crippen molar-refractivity contribution in [3.8, 4) is 0 Å². The molecule has 0 aromatic rings. The third-order valence-electron chi connectivity index (χ3n) is 11.8. The maximum atomic E-state index is 12.9. The van der Waals surface area contributed by atoms with Gasteiger partial charge in [0.1, 0.15) is 12.7 Å². The molecule has 2 N–H and O–H groups in total. The molecule has 0 aliphatic carbocycles. The molecule has 0 aliphatic rings. The van der Waals surface area contributed by atoms with Crippen LogP contribution in [0, 0.1) is 0 Å². The molecule has 414 valence electrons. The molecule has 0 aromatic carbocycles. The molecule has 0 saturated carbocycles. The van der Waals surface area contributed by atoms with E-state index in [0.29, 0.717) is 19.3 Å². The summed E-state index contributed by atoms with van der Waals surface area (Å²) in [5, 5.41) is 9.80. The zero-order chi connectivity index (χ0) is 52.7. The molecule has 0 spiro atoms. The Morgan fingerprint density at radius 3 is 1.18 bits per heavy atom. The van der Waals surface area contributed by atoms with E-state index in [1.165, 1.54) is 57.8 Å². The Morgan fingerprint density at radius 1 is 0.403 bits per heavy atom. The fourth-order valence-electron chi connectivity index (χ4n) is 7.48. The minimum atomic E-state index is -4.76. The van der Waals surface area contributed by atoms with Crippen LogP contribution >= 0.6 is 7.82 Å². The number of esters is 3. The van der Waals surface area contributed by atoms with Crippen LogP contribution in [0.1, 0.15) is 239 Å². The number of aliphatic hydroxyl groups excluding tert-OH is 1. The van der Waals surface area contributed by atoms with Crippen LogP contribution in [0.25, 0.3) is 0 Å². The maximum absolute atomic E-state index is 12.9. The van der Waals surface area contributed by atoms with Gasteiger partial charge in [0.05, 0.1) is 19.8 Å². The highest BCUT2D eigenvalue weighted by atomic mass is 31.2. The first kappa shape index (κ1) is 68.7. The van der Waals surface area contributed by atoms with E-state index < -0.39 is 57.8 Å². The average Bonchev–Trinajstić information content (AvgIpc) is 3.37. The van der Waals surface area contributed by atoms with Crippen LogP contribution in [0.4, 0.5) is 0 Å². The number of hydrogen-bond donors (Lipinski definition) is 2. The molecule has 0 rings (SSSR count). The SMILES string of the molecule is CC/C=C\C/C=C\C/C=C\C/C=C\C/C=C\CCCCCC(=O)OC(COC(=O)CCCCCCC/C=C\C/C=C\CCC)COP(=O)(O)OCC(CO)OC(=O)CCCCCCCCCCCCCCC. The number of phosphoric ester groups is 1. The Morgan fingerprint density at radius 2 is 0.750 bits per heavy atom. The molecule has 0 saturated heterocycles. The number of carbonyl (C=O) groups excluding carboxylic acids is 3. The minimum Gasteiger partial charge on any atom is -0.462 e. The van der Waals surface area contributed by atoms with Gasteiger partial charge in [-0.15, -0.1) is 0 Å². The first-order valence-electron chi connectivity index (χ1n) is 28.5. The summed E-state index contributed by atoms with van der Waals surface area (Å²) < 4.78 is 39.4. The van der Waals surface area contributed by atoms with E-state index in [9.17, 15) is 28.9 Å². The van der Waals surface area contributed by atoms with Crippen molar-refractivity contribution in [2.45, 2.75) is 251 Å². The van der Waals surface area contributed by atoms with Gasteiger partial charge in [0.25, 0.3) is 0 Å². The van der Waals surface area contributed by atoms with Gasteiger partial charge in [-0.2, -0.15) is 0 Å². The predicted octanol–water partition coefficient (Wildman–Crippen LogP) is 16.7. The maximum Gasteiger partial charge on any atom is 0.472 e. The second-order valence-corrected chi connectivity index (χ2v) is 20.2. The first-order valence-corrected chi connectivity index (χ1v) is 30.0. The van der Waals surface area contributed by atoms with Gasteiger partial charge in [0.15, 0.2) is 6.10 Å². The minimum absolute atomic E-state index is 0.123. The second kappa shape index (κ2) is 53.9. The Hall–Kier alpha value is -3.34. The Labute approximate surface area is 439 Å². The zero-order valence-electron chi connectivity index (χ0n) is 45.6. The normalized spacial score (nSPS) is 14.0. The Bertz CT molecular complexity index is 1530. The van der Waals surface area contributed by atoms with Crippen molar-refractivity contribution in [3.05, 3.63) is 85.1 Å². The molecule has 72 heavy (non-hydrogen) atoms. The van der Waals surface area contributed by atoms with Crippen LogP contribution in [0.5, 0.6) is 0 Å². The van der Waals surface area contributed by atoms with Crippen molar-refractivity contribution in [1.82, 2.24) is 0 Å². The largest absolute Gasteiger partial charge is 0.472 e. The van der Waals surface area contributed by atoms with Gasteiger partial charge in [-0.1, -0.05) is 215 Å². The summed E-state index contributed by atoms with van der Waals surface area (Å²) in [5.41, 5.74) is 0. The quantitative estimate of drug-likeness (QED) is 0.0197. The highest BCUT2D eigenvalue weighted by Gasteiger charge is 2.28. The van der Waals surface area contributed by atoms with Gasteiger partial charge < -0.3 is 24.2 Å². The molecular formula is C60H103O11P. The van der Waals surface area contributed by atoms with Crippen molar-refractivity contribution >= 4 is 25.7 Å². The van der Waals surface area contributed by atoms with Crippen LogP contribution in [0.2, 0.25) is 0 Å². The molecule has 0 fully saturated rings. The van der Waals surface area contributed by atoms with Crippen LogP contribution < -0.4 is 0 Å². The van der Waals surface area contributed by atoms with E-state index in [0.717, 1.165) is 122 Å². The fourth-order valence-corrected chi connectivity index (χ4v) is 8.26. The van der Waals surface area contributed by atoms with E-state index in [1.54, 1.807) is 0 Å². The first-order chi connectivity index (χ1) is 35.2. The van der Waals surface area contributed by atoms with Gasteiger partial charge in [0, 0.05) is 19.3 Å². The van der Waals surface area contributed by atoms with Crippen molar-refractivity contribution in [2.75, 3.05) is 26.4 Å². The monoisotopic (exact) mass is 1030 g/mol. The van der Waals surface area contributed by atoms with Gasteiger partial charge in [-0.25, -0.2) is 4.57 Å². The number of hydrogen-bond acceptors (Lipinski definition) is 10. The van der Waals surface area contributed by atoms with E-state index in [-0.39, 0.29) is 25.9 Å². The third-order valence-corrected chi connectivity index (χ3v) is 12.7. The number of carbonyl (C=O) groups is 3. The van der Waals surface area contributed by atoms with E-state index in [4.69, 9.17) is 23.3 Å². The molecule has 3 unspecified atom stereocenters. The van der Waals surface area contributed by atoms with Crippen molar-refractivity contribution in [1.29, 1.82) is 0 Å². The van der Waals surface area contributed by atoms with Gasteiger partial charge >= 0.3 is 25.7 Å². The summed E-state index contributed by atoms with van der Waals surface area (Å²) in [6.45, 7) is 4.41. The zero-order valence-corrected chi connectivity index (χ0v) is 46.5. The highest BCUT2D eigenvalue weighted by Crippen LogP contribution is 2.43. The van der Waals surface area contributed by atoms with Gasteiger partial charge in [-0.3, -0.25) is 23.4 Å². The summed E-state index contributed by atoms with van der Waals surface area (Å²) in [4.78, 5) is 48.5. The summed E-state index contributed by atoms with van der Waals surface area (Å²) >= 11 is 0.